The lowest BCUT2D eigenvalue weighted by molar-refractivity contribution is -0.132. The number of nitrogens with zero attached hydrogens (tertiary/aromatic N) is 2. The maximum absolute atomic E-state index is 13.5. The average molecular weight is 409 g/mol. The number of Topliss-reactive ketones (excluding diaryl/α,β-unsaturated/α-hetero) is 1. The molecule has 4 nitrogen and oxygen atoms in total. The average Bonchev–Trinajstić information content (AvgIpc) is 3.41. The number of para-hydroxylation sites is 1. The van der Waals surface area contributed by atoms with Crippen LogP contribution in [0.1, 0.15) is 22.3 Å². The Morgan fingerprint density at radius 1 is 0.806 bits per heavy atom. The van der Waals surface area contributed by atoms with Crippen LogP contribution in [-0.4, -0.2) is 24.8 Å². The van der Waals surface area contributed by atoms with Crippen LogP contribution in [0.2, 0.25) is 0 Å². The molecule has 0 aromatic heterocycles. The van der Waals surface area contributed by atoms with Gasteiger partial charge in [-0.05, 0) is 48.6 Å². The monoisotopic (exact) mass is 408 g/mol. The summed E-state index contributed by atoms with van der Waals surface area (Å²) in [6, 6.07) is 23.7. The van der Waals surface area contributed by atoms with Gasteiger partial charge in [0.05, 0.1) is 5.57 Å². The molecule has 4 heteroatoms. The summed E-state index contributed by atoms with van der Waals surface area (Å²) in [6.45, 7) is 3.42. The summed E-state index contributed by atoms with van der Waals surface area (Å²) in [5, 5.41) is 0. The van der Waals surface area contributed by atoms with E-state index in [1.165, 1.54) is 11.1 Å². The fourth-order valence-corrected chi connectivity index (χ4v) is 4.51. The molecule has 0 saturated carbocycles. The summed E-state index contributed by atoms with van der Waals surface area (Å²) in [4.78, 5) is 30.5. The van der Waals surface area contributed by atoms with E-state index >= 15 is 0 Å². The molecule has 0 radical (unpaired) electrons. The minimum absolute atomic E-state index is 0.434. The van der Waals surface area contributed by atoms with E-state index < -0.39 is 11.7 Å². The van der Waals surface area contributed by atoms with Crippen molar-refractivity contribution in [2.75, 3.05) is 22.9 Å². The van der Waals surface area contributed by atoms with E-state index in [-0.39, 0.29) is 0 Å². The van der Waals surface area contributed by atoms with E-state index in [0.717, 1.165) is 41.9 Å². The molecule has 0 spiro atoms. The number of carbonyl (C=O) groups excluding carboxylic acids is 2. The second-order valence-corrected chi connectivity index (χ2v) is 8.15. The number of fused-ring (bicyclic) bond motifs is 2. The molecule has 2 heterocycles. The number of aryl methyl sites for hydroxylation is 1. The first kappa shape index (κ1) is 19.3. The first-order valence-electron chi connectivity index (χ1n) is 10.7. The van der Waals surface area contributed by atoms with Crippen molar-refractivity contribution in [1.82, 2.24) is 0 Å². The summed E-state index contributed by atoms with van der Waals surface area (Å²) in [5.41, 5.74) is 6.75. The lowest BCUT2D eigenvalue weighted by Crippen LogP contribution is -2.36. The van der Waals surface area contributed by atoms with Gasteiger partial charge in [0.2, 0.25) is 0 Å². The lowest BCUT2D eigenvalue weighted by atomic mass is 10.0. The topological polar surface area (TPSA) is 40.6 Å². The third-order valence-electron chi connectivity index (χ3n) is 6.11. The van der Waals surface area contributed by atoms with Gasteiger partial charge < -0.3 is 9.80 Å². The Bertz CT molecular complexity index is 1200. The predicted molar refractivity (Wildman–Crippen MR) is 124 cm³/mol. The molecular formula is C27H24N2O2. The Balaban J connectivity index is 1.52. The van der Waals surface area contributed by atoms with Gasteiger partial charge in [-0.3, -0.25) is 9.59 Å². The number of hydrogen-bond donors (Lipinski definition) is 0. The lowest BCUT2D eigenvalue weighted by Gasteiger charge is -2.20. The van der Waals surface area contributed by atoms with Crippen LogP contribution in [0.15, 0.2) is 79.0 Å². The van der Waals surface area contributed by atoms with Gasteiger partial charge in [0, 0.05) is 30.7 Å². The Hall–Kier alpha value is -3.66. The van der Waals surface area contributed by atoms with Gasteiger partial charge in [0.25, 0.3) is 11.7 Å². The summed E-state index contributed by atoms with van der Waals surface area (Å²) in [5.74, 6) is -0.938. The molecular weight excluding hydrogens is 384 g/mol. The Labute approximate surface area is 182 Å². The van der Waals surface area contributed by atoms with E-state index in [1.807, 2.05) is 60.8 Å². The molecule has 0 N–H and O–H groups in total. The molecule has 3 aromatic carbocycles. The highest BCUT2D eigenvalue weighted by Gasteiger charge is 2.32. The third kappa shape index (κ3) is 3.55. The summed E-state index contributed by atoms with van der Waals surface area (Å²) >= 11 is 0. The van der Waals surface area contributed by atoms with Crippen molar-refractivity contribution in [3.05, 3.63) is 101 Å². The van der Waals surface area contributed by atoms with Gasteiger partial charge in [-0.15, -0.1) is 0 Å². The number of amides is 1. The largest absolute Gasteiger partial charge is 0.347 e. The van der Waals surface area contributed by atoms with Crippen molar-refractivity contribution >= 4 is 28.6 Å². The first-order valence-corrected chi connectivity index (χ1v) is 10.7. The second kappa shape index (κ2) is 7.88. The Morgan fingerprint density at radius 3 is 2.39 bits per heavy atom. The molecule has 2 aliphatic heterocycles. The molecule has 0 bridgehead atoms. The minimum atomic E-state index is -0.469. The van der Waals surface area contributed by atoms with Crippen LogP contribution in [0.25, 0.3) is 5.57 Å². The van der Waals surface area contributed by atoms with Gasteiger partial charge in [0.1, 0.15) is 0 Å². The summed E-state index contributed by atoms with van der Waals surface area (Å²) in [6.07, 6.45) is 3.56. The first-order chi connectivity index (χ1) is 15.1. The number of rotatable bonds is 4. The van der Waals surface area contributed by atoms with E-state index in [2.05, 4.69) is 30.0 Å². The summed E-state index contributed by atoms with van der Waals surface area (Å²) in [7, 11) is 0. The minimum Gasteiger partial charge on any atom is -0.347 e. The quantitative estimate of drug-likeness (QED) is 0.470. The van der Waals surface area contributed by atoms with E-state index in [9.17, 15) is 9.59 Å². The van der Waals surface area contributed by atoms with Gasteiger partial charge >= 0.3 is 0 Å². The molecule has 2 aliphatic rings. The van der Waals surface area contributed by atoms with Gasteiger partial charge in [-0.1, -0.05) is 66.2 Å². The molecule has 0 unspecified atom stereocenters. The number of anilines is 2. The SMILES string of the molecule is Cc1ccc2c(c1)CCN2/C=C(/C(=O)C(=O)N1CCc2ccccc21)c1ccccc1. The van der Waals surface area contributed by atoms with Crippen molar-refractivity contribution in [1.29, 1.82) is 0 Å². The number of carbonyl (C=O) groups is 2. The van der Waals surface area contributed by atoms with E-state index in [1.54, 1.807) is 4.90 Å². The molecule has 31 heavy (non-hydrogen) atoms. The zero-order valence-electron chi connectivity index (χ0n) is 17.5. The molecule has 0 aliphatic carbocycles. The number of hydrogen-bond acceptors (Lipinski definition) is 3. The van der Waals surface area contributed by atoms with Crippen molar-refractivity contribution < 1.29 is 9.59 Å². The smallest absolute Gasteiger partial charge is 0.299 e. The van der Waals surface area contributed by atoms with Crippen LogP contribution in [-0.2, 0) is 22.4 Å². The Morgan fingerprint density at radius 2 is 1.55 bits per heavy atom. The molecule has 5 rings (SSSR count). The molecule has 0 fully saturated rings. The zero-order chi connectivity index (χ0) is 21.4. The predicted octanol–water partition coefficient (Wildman–Crippen LogP) is 4.56. The Kier molecular flexibility index (Phi) is 4.91. The van der Waals surface area contributed by atoms with Crippen LogP contribution < -0.4 is 9.80 Å². The maximum atomic E-state index is 13.5. The van der Waals surface area contributed by atoms with E-state index in [0.29, 0.717) is 12.1 Å². The fourth-order valence-electron chi connectivity index (χ4n) is 4.51. The maximum Gasteiger partial charge on any atom is 0.299 e. The van der Waals surface area contributed by atoms with Crippen molar-refractivity contribution in [2.24, 2.45) is 0 Å². The van der Waals surface area contributed by atoms with Crippen LogP contribution >= 0.6 is 0 Å². The van der Waals surface area contributed by atoms with Gasteiger partial charge in [-0.2, -0.15) is 0 Å². The highest BCUT2D eigenvalue weighted by atomic mass is 16.2. The molecule has 0 atom stereocenters. The van der Waals surface area contributed by atoms with Crippen LogP contribution in [0.3, 0.4) is 0 Å². The van der Waals surface area contributed by atoms with Crippen molar-refractivity contribution in [2.45, 2.75) is 19.8 Å². The normalized spacial score (nSPS) is 15.1. The molecule has 154 valence electrons. The van der Waals surface area contributed by atoms with Gasteiger partial charge in [-0.25, -0.2) is 0 Å². The highest BCUT2D eigenvalue weighted by molar-refractivity contribution is 6.56. The number of ketones is 1. The van der Waals surface area contributed by atoms with Crippen molar-refractivity contribution in [3.63, 3.8) is 0 Å². The summed E-state index contributed by atoms with van der Waals surface area (Å²) < 4.78 is 0. The van der Waals surface area contributed by atoms with Crippen molar-refractivity contribution in [3.8, 4) is 0 Å². The zero-order valence-corrected chi connectivity index (χ0v) is 17.5. The van der Waals surface area contributed by atoms with Crippen LogP contribution in [0.5, 0.6) is 0 Å². The van der Waals surface area contributed by atoms with E-state index in [4.69, 9.17) is 0 Å². The molecule has 0 saturated heterocycles. The van der Waals surface area contributed by atoms with Crippen LogP contribution in [0, 0.1) is 6.92 Å². The third-order valence-corrected chi connectivity index (χ3v) is 6.11. The second-order valence-electron chi connectivity index (χ2n) is 8.15. The standard InChI is InChI=1S/C27H24N2O2/c1-19-11-12-24-22(17-19)13-15-28(24)18-23(20-7-3-2-4-8-20)26(30)27(31)29-16-14-21-9-5-6-10-25(21)29/h2-12,17-18H,13-16H2,1H3/b23-18+. The molecule has 1 amide bonds. The van der Waals surface area contributed by atoms with Crippen LogP contribution in [0.4, 0.5) is 11.4 Å². The van der Waals surface area contributed by atoms with Gasteiger partial charge in [0.15, 0.2) is 0 Å². The fraction of sp³-hybridized carbons (Fsp3) is 0.185. The molecule has 3 aromatic rings. The number of benzene rings is 3. The highest BCUT2D eigenvalue weighted by Crippen LogP contribution is 2.32.